The van der Waals surface area contributed by atoms with Crippen LogP contribution < -0.4 is 5.32 Å². The average molecular weight is 221 g/mol. The molecule has 84 valence electrons. The SMILES string of the molecule is CNCc1noc(-c2cc(C)ccc2F)n1. The third kappa shape index (κ3) is 2.09. The van der Waals surface area contributed by atoms with Crippen LogP contribution in [0.1, 0.15) is 11.4 Å². The number of aryl methyl sites for hydroxylation is 1. The molecule has 0 atom stereocenters. The van der Waals surface area contributed by atoms with Crippen LogP contribution in [0, 0.1) is 12.7 Å². The van der Waals surface area contributed by atoms with E-state index in [0.717, 1.165) is 5.56 Å². The molecular formula is C11H12FN3O. The lowest BCUT2D eigenvalue weighted by molar-refractivity contribution is 0.418. The quantitative estimate of drug-likeness (QED) is 0.860. The van der Waals surface area contributed by atoms with Crippen molar-refractivity contribution in [3.8, 4) is 11.5 Å². The minimum absolute atomic E-state index is 0.214. The van der Waals surface area contributed by atoms with Gasteiger partial charge in [-0.25, -0.2) is 4.39 Å². The first-order valence-corrected chi connectivity index (χ1v) is 4.94. The van der Waals surface area contributed by atoms with E-state index in [2.05, 4.69) is 15.5 Å². The van der Waals surface area contributed by atoms with Crippen molar-refractivity contribution in [1.29, 1.82) is 0 Å². The molecule has 1 N–H and O–H groups in total. The summed E-state index contributed by atoms with van der Waals surface area (Å²) in [5.74, 6) is 0.370. The fourth-order valence-corrected chi connectivity index (χ4v) is 1.40. The molecule has 0 saturated carbocycles. The molecule has 2 aromatic rings. The third-order valence-corrected chi connectivity index (χ3v) is 2.16. The van der Waals surface area contributed by atoms with Gasteiger partial charge in [0.1, 0.15) is 5.82 Å². The highest BCUT2D eigenvalue weighted by Crippen LogP contribution is 2.22. The first-order chi connectivity index (χ1) is 7.70. The summed E-state index contributed by atoms with van der Waals surface area (Å²) < 4.78 is 18.5. The maximum absolute atomic E-state index is 13.5. The van der Waals surface area contributed by atoms with Crippen molar-refractivity contribution in [3.05, 3.63) is 35.4 Å². The largest absolute Gasteiger partial charge is 0.334 e. The van der Waals surface area contributed by atoms with E-state index in [0.29, 0.717) is 17.9 Å². The second-order valence-electron chi connectivity index (χ2n) is 3.53. The van der Waals surface area contributed by atoms with Gasteiger partial charge in [-0.05, 0) is 26.1 Å². The first kappa shape index (κ1) is 10.8. The highest BCUT2D eigenvalue weighted by atomic mass is 19.1. The summed E-state index contributed by atoms with van der Waals surface area (Å²) in [5, 5.41) is 6.63. The van der Waals surface area contributed by atoms with E-state index < -0.39 is 0 Å². The Bertz CT molecular complexity index is 496. The second kappa shape index (κ2) is 4.40. The molecule has 1 aromatic heterocycles. The number of aromatic nitrogens is 2. The van der Waals surface area contributed by atoms with Gasteiger partial charge >= 0.3 is 0 Å². The Morgan fingerprint density at radius 1 is 1.44 bits per heavy atom. The Morgan fingerprint density at radius 3 is 3.00 bits per heavy atom. The van der Waals surface area contributed by atoms with Crippen molar-refractivity contribution in [1.82, 2.24) is 15.5 Å². The van der Waals surface area contributed by atoms with Crippen molar-refractivity contribution >= 4 is 0 Å². The lowest BCUT2D eigenvalue weighted by Crippen LogP contribution is -2.06. The van der Waals surface area contributed by atoms with E-state index in [-0.39, 0.29) is 11.7 Å². The predicted octanol–water partition coefficient (Wildman–Crippen LogP) is 1.90. The summed E-state index contributed by atoms with van der Waals surface area (Å²) in [5.41, 5.74) is 1.29. The Labute approximate surface area is 92.5 Å². The second-order valence-corrected chi connectivity index (χ2v) is 3.53. The number of benzene rings is 1. The minimum atomic E-state index is -0.356. The molecule has 0 bridgehead atoms. The van der Waals surface area contributed by atoms with Crippen molar-refractivity contribution in [2.75, 3.05) is 7.05 Å². The molecule has 0 aliphatic carbocycles. The lowest BCUT2D eigenvalue weighted by Gasteiger charge is -1.98. The number of halogens is 1. The Hall–Kier alpha value is -1.75. The molecule has 0 saturated heterocycles. The Morgan fingerprint density at radius 2 is 2.25 bits per heavy atom. The monoisotopic (exact) mass is 221 g/mol. The molecule has 0 unspecified atom stereocenters. The predicted molar refractivity (Wildman–Crippen MR) is 57.2 cm³/mol. The Balaban J connectivity index is 2.38. The van der Waals surface area contributed by atoms with Gasteiger partial charge in [0.2, 0.25) is 0 Å². The van der Waals surface area contributed by atoms with Gasteiger partial charge in [-0.3, -0.25) is 0 Å². The lowest BCUT2D eigenvalue weighted by atomic mass is 10.1. The molecule has 1 aromatic carbocycles. The van der Waals surface area contributed by atoms with Gasteiger partial charge in [0.25, 0.3) is 5.89 Å². The van der Waals surface area contributed by atoms with E-state index in [1.165, 1.54) is 6.07 Å². The van der Waals surface area contributed by atoms with Gasteiger partial charge in [0, 0.05) is 0 Å². The molecule has 0 amide bonds. The van der Waals surface area contributed by atoms with E-state index in [1.54, 1.807) is 19.2 Å². The fourth-order valence-electron chi connectivity index (χ4n) is 1.40. The van der Waals surface area contributed by atoms with E-state index >= 15 is 0 Å². The summed E-state index contributed by atoms with van der Waals surface area (Å²) in [6.45, 7) is 2.38. The van der Waals surface area contributed by atoms with Gasteiger partial charge in [0.05, 0.1) is 12.1 Å². The highest BCUT2D eigenvalue weighted by Gasteiger charge is 2.12. The molecule has 5 heteroatoms. The maximum atomic E-state index is 13.5. The highest BCUT2D eigenvalue weighted by molar-refractivity contribution is 5.55. The van der Waals surface area contributed by atoms with E-state index in [9.17, 15) is 4.39 Å². The summed E-state index contributed by atoms with van der Waals surface area (Å²) in [6.07, 6.45) is 0. The van der Waals surface area contributed by atoms with Crippen molar-refractivity contribution in [2.24, 2.45) is 0 Å². The number of rotatable bonds is 3. The van der Waals surface area contributed by atoms with Crippen LogP contribution >= 0.6 is 0 Å². The van der Waals surface area contributed by atoms with E-state index in [1.807, 2.05) is 6.92 Å². The first-order valence-electron chi connectivity index (χ1n) is 4.94. The van der Waals surface area contributed by atoms with Gasteiger partial charge in [-0.1, -0.05) is 16.8 Å². The zero-order valence-corrected chi connectivity index (χ0v) is 9.12. The van der Waals surface area contributed by atoms with Crippen molar-refractivity contribution in [2.45, 2.75) is 13.5 Å². The topological polar surface area (TPSA) is 51.0 Å². The maximum Gasteiger partial charge on any atom is 0.260 e. The molecule has 4 nitrogen and oxygen atoms in total. The van der Waals surface area contributed by atoms with Gasteiger partial charge in [-0.2, -0.15) is 4.98 Å². The molecule has 16 heavy (non-hydrogen) atoms. The summed E-state index contributed by atoms with van der Waals surface area (Å²) in [6, 6.07) is 4.78. The molecule has 0 aliphatic rings. The number of nitrogens with zero attached hydrogens (tertiary/aromatic N) is 2. The molecule has 0 spiro atoms. The smallest absolute Gasteiger partial charge is 0.260 e. The van der Waals surface area contributed by atoms with Gasteiger partial charge in [0.15, 0.2) is 5.82 Å². The van der Waals surface area contributed by atoms with Crippen LogP contribution in [0.25, 0.3) is 11.5 Å². The zero-order valence-electron chi connectivity index (χ0n) is 9.12. The molecule has 0 radical (unpaired) electrons. The zero-order chi connectivity index (χ0) is 11.5. The van der Waals surface area contributed by atoms with Crippen LogP contribution in [-0.4, -0.2) is 17.2 Å². The van der Waals surface area contributed by atoms with Crippen LogP contribution in [0.15, 0.2) is 22.7 Å². The molecule has 0 fully saturated rings. The molecule has 0 aliphatic heterocycles. The number of hydrogen-bond acceptors (Lipinski definition) is 4. The van der Waals surface area contributed by atoms with Crippen LogP contribution in [0.5, 0.6) is 0 Å². The van der Waals surface area contributed by atoms with Gasteiger partial charge < -0.3 is 9.84 Å². The van der Waals surface area contributed by atoms with Crippen molar-refractivity contribution < 1.29 is 8.91 Å². The van der Waals surface area contributed by atoms with Crippen LogP contribution in [0.4, 0.5) is 4.39 Å². The van der Waals surface area contributed by atoms with Crippen molar-refractivity contribution in [3.63, 3.8) is 0 Å². The molecule has 1 heterocycles. The third-order valence-electron chi connectivity index (χ3n) is 2.16. The number of hydrogen-bond donors (Lipinski definition) is 1. The van der Waals surface area contributed by atoms with Crippen LogP contribution in [0.3, 0.4) is 0 Å². The normalized spacial score (nSPS) is 10.7. The standard InChI is InChI=1S/C11H12FN3O/c1-7-3-4-9(12)8(5-7)11-14-10(6-13-2)15-16-11/h3-5,13H,6H2,1-2H3. The molecular weight excluding hydrogens is 209 g/mol. The summed E-state index contributed by atoms with van der Waals surface area (Å²) in [4.78, 5) is 4.09. The summed E-state index contributed by atoms with van der Waals surface area (Å²) in [7, 11) is 1.78. The fraction of sp³-hybridized carbons (Fsp3) is 0.273. The minimum Gasteiger partial charge on any atom is -0.334 e. The van der Waals surface area contributed by atoms with Crippen LogP contribution in [-0.2, 0) is 6.54 Å². The van der Waals surface area contributed by atoms with Crippen LogP contribution in [0.2, 0.25) is 0 Å². The molecule has 2 rings (SSSR count). The number of nitrogens with one attached hydrogen (secondary N) is 1. The van der Waals surface area contributed by atoms with E-state index in [4.69, 9.17) is 4.52 Å². The average Bonchev–Trinajstić information content (AvgIpc) is 2.71. The summed E-state index contributed by atoms with van der Waals surface area (Å²) >= 11 is 0. The van der Waals surface area contributed by atoms with Gasteiger partial charge in [-0.15, -0.1) is 0 Å². The Kier molecular flexibility index (Phi) is 2.96.